The fourth-order valence-corrected chi connectivity index (χ4v) is 2.27. The average molecular weight is 252 g/mol. The standard InChI is InChI=1S/C13H24N4O/c1-2-17(10-12-5-3-7-15-9-12)11-13(18)16-8-4-6-14/h12,15H,2-5,7-11H2,1H3,(H,16,18). The van der Waals surface area contributed by atoms with E-state index < -0.39 is 0 Å². The molecule has 0 aromatic heterocycles. The van der Waals surface area contributed by atoms with Crippen molar-refractivity contribution >= 4 is 5.91 Å². The third-order valence-corrected chi connectivity index (χ3v) is 3.29. The van der Waals surface area contributed by atoms with Crippen molar-refractivity contribution < 1.29 is 4.79 Å². The van der Waals surface area contributed by atoms with Crippen LogP contribution in [-0.4, -0.2) is 50.1 Å². The molecule has 1 aliphatic heterocycles. The summed E-state index contributed by atoms with van der Waals surface area (Å²) in [5.74, 6) is 0.682. The number of hydrogen-bond acceptors (Lipinski definition) is 4. The number of nitriles is 1. The van der Waals surface area contributed by atoms with Gasteiger partial charge in [-0.3, -0.25) is 9.69 Å². The van der Waals surface area contributed by atoms with E-state index in [0.717, 1.165) is 26.2 Å². The van der Waals surface area contributed by atoms with E-state index in [1.54, 1.807) is 0 Å². The minimum absolute atomic E-state index is 0.0240. The maximum atomic E-state index is 11.7. The molecule has 0 spiro atoms. The summed E-state index contributed by atoms with van der Waals surface area (Å²) in [5.41, 5.74) is 0. The van der Waals surface area contributed by atoms with Crippen LogP contribution in [0.2, 0.25) is 0 Å². The highest BCUT2D eigenvalue weighted by molar-refractivity contribution is 5.77. The molecular formula is C13H24N4O. The van der Waals surface area contributed by atoms with Gasteiger partial charge in [-0.05, 0) is 38.4 Å². The highest BCUT2D eigenvalue weighted by atomic mass is 16.2. The Morgan fingerprint density at radius 2 is 2.44 bits per heavy atom. The molecule has 5 heteroatoms. The van der Waals surface area contributed by atoms with Gasteiger partial charge < -0.3 is 10.6 Å². The second-order valence-electron chi connectivity index (χ2n) is 4.80. The molecule has 5 nitrogen and oxygen atoms in total. The SMILES string of the molecule is CCN(CC(=O)NCCC#N)CC1CCCNC1. The van der Waals surface area contributed by atoms with Crippen LogP contribution in [0.5, 0.6) is 0 Å². The zero-order valence-electron chi connectivity index (χ0n) is 11.2. The van der Waals surface area contributed by atoms with E-state index in [9.17, 15) is 4.79 Å². The fraction of sp³-hybridized carbons (Fsp3) is 0.846. The number of hydrogen-bond donors (Lipinski definition) is 2. The Balaban J connectivity index is 2.23. The molecular weight excluding hydrogens is 228 g/mol. The molecule has 0 aromatic carbocycles. The first-order chi connectivity index (χ1) is 8.76. The smallest absolute Gasteiger partial charge is 0.234 e. The van der Waals surface area contributed by atoms with Gasteiger partial charge in [0.15, 0.2) is 0 Å². The molecule has 1 heterocycles. The van der Waals surface area contributed by atoms with Crippen LogP contribution in [0, 0.1) is 17.2 Å². The summed E-state index contributed by atoms with van der Waals surface area (Å²) in [6.07, 6.45) is 2.86. The van der Waals surface area contributed by atoms with Crippen LogP contribution >= 0.6 is 0 Å². The summed E-state index contributed by atoms with van der Waals surface area (Å²) >= 11 is 0. The molecule has 18 heavy (non-hydrogen) atoms. The summed E-state index contributed by atoms with van der Waals surface area (Å²) in [7, 11) is 0. The molecule has 1 saturated heterocycles. The van der Waals surface area contributed by atoms with E-state index in [0.29, 0.717) is 25.4 Å². The number of piperidine rings is 1. The van der Waals surface area contributed by atoms with E-state index >= 15 is 0 Å². The van der Waals surface area contributed by atoms with Gasteiger partial charge in [0, 0.05) is 13.1 Å². The zero-order chi connectivity index (χ0) is 13.2. The fourth-order valence-electron chi connectivity index (χ4n) is 2.27. The lowest BCUT2D eigenvalue weighted by Gasteiger charge is -2.28. The second-order valence-corrected chi connectivity index (χ2v) is 4.80. The van der Waals surface area contributed by atoms with Crippen molar-refractivity contribution in [2.45, 2.75) is 26.2 Å². The van der Waals surface area contributed by atoms with E-state index in [2.05, 4.69) is 22.5 Å². The highest BCUT2D eigenvalue weighted by Gasteiger charge is 2.17. The van der Waals surface area contributed by atoms with Gasteiger partial charge in [0.1, 0.15) is 0 Å². The number of rotatable bonds is 7. The summed E-state index contributed by atoms with van der Waals surface area (Å²) < 4.78 is 0. The van der Waals surface area contributed by atoms with Crippen LogP contribution in [0.1, 0.15) is 26.2 Å². The lowest BCUT2D eigenvalue weighted by atomic mass is 9.99. The maximum Gasteiger partial charge on any atom is 0.234 e. The Morgan fingerprint density at radius 1 is 1.61 bits per heavy atom. The lowest BCUT2D eigenvalue weighted by molar-refractivity contribution is -0.122. The number of amides is 1. The van der Waals surface area contributed by atoms with Crippen molar-refractivity contribution in [3.05, 3.63) is 0 Å². The normalized spacial score (nSPS) is 19.5. The monoisotopic (exact) mass is 252 g/mol. The number of nitrogens with one attached hydrogen (secondary N) is 2. The van der Waals surface area contributed by atoms with Crippen molar-refractivity contribution in [3.63, 3.8) is 0 Å². The van der Waals surface area contributed by atoms with Gasteiger partial charge in [0.2, 0.25) is 5.91 Å². The zero-order valence-corrected chi connectivity index (χ0v) is 11.2. The van der Waals surface area contributed by atoms with Crippen molar-refractivity contribution in [2.24, 2.45) is 5.92 Å². The van der Waals surface area contributed by atoms with Crippen molar-refractivity contribution in [3.8, 4) is 6.07 Å². The van der Waals surface area contributed by atoms with Crippen molar-refractivity contribution in [2.75, 3.05) is 39.3 Å². The van der Waals surface area contributed by atoms with Crippen LogP contribution in [0.25, 0.3) is 0 Å². The summed E-state index contributed by atoms with van der Waals surface area (Å²) in [6.45, 7) is 7.04. The first-order valence-corrected chi connectivity index (χ1v) is 6.83. The Labute approximate surface area is 110 Å². The van der Waals surface area contributed by atoms with Gasteiger partial charge in [0.25, 0.3) is 0 Å². The van der Waals surface area contributed by atoms with E-state index in [-0.39, 0.29) is 5.91 Å². The molecule has 0 aromatic rings. The molecule has 102 valence electrons. The number of carbonyl (C=O) groups excluding carboxylic acids is 1. The first-order valence-electron chi connectivity index (χ1n) is 6.83. The molecule has 1 aliphatic rings. The van der Waals surface area contributed by atoms with Gasteiger partial charge in [-0.25, -0.2) is 0 Å². The Morgan fingerprint density at radius 3 is 3.06 bits per heavy atom. The van der Waals surface area contributed by atoms with E-state index in [1.807, 2.05) is 6.07 Å². The van der Waals surface area contributed by atoms with Crippen molar-refractivity contribution in [1.29, 1.82) is 5.26 Å². The Kier molecular flexibility index (Phi) is 7.38. The average Bonchev–Trinajstić information content (AvgIpc) is 2.39. The molecule has 1 amide bonds. The van der Waals surface area contributed by atoms with Crippen LogP contribution in [0.3, 0.4) is 0 Å². The predicted octanol–water partition coefficient (Wildman–Crippen LogP) is 0.338. The molecule has 1 fully saturated rings. The number of carbonyl (C=O) groups is 1. The van der Waals surface area contributed by atoms with E-state index in [4.69, 9.17) is 5.26 Å². The molecule has 1 unspecified atom stereocenters. The van der Waals surface area contributed by atoms with Gasteiger partial charge in [-0.2, -0.15) is 5.26 Å². The van der Waals surface area contributed by atoms with E-state index in [1.165, 1.54) is 12.8 Å². The summed E-state index contributed by atoms with van der Waals surface area (Å²) in [6, 6.07) is 2.02. The summed E-state index contributed by atoms with van der Waals surface area (Å²) in [4.78, 5) is 13.8. The highest BCUT2D eigenvalue weighted by Crippen LogP contribution is 2.11. The molecule has 2 N–H and O–H groups in total. The first kappa shape index (κ1) is 14.9. The number of nitrogens with zero attached hydrogens (tertiary/aromatic N) is 2. The van der Waals surface area contributed by atoms with Crippen LogP contribution in [-0.2, 0) is 4.79 Å². The molecule has 0 bridgehead atoms. The minimum atomic E-state index is 0.0240. The Hall–Kier alpha value is -1.12. The van der Waals surface area contributed by atoms with Crippen LogP contribution < -0.4 is 10.6 Å². The summed E-state index contributed by atoms with van der Waals surface area (Å²) in [5, 5.41) is 14.6. The third-order valence-electron chi connectivity index (χ3n) is 3.29. The van der Waals surface area contributed by atoms with Crippen LogP contribution in [0.15, 0.2) is 0 Å². The lowest BCUT2D eigenvalue weighted by Crippen LogP contribution is -2.43. The minimum Gasteiger partial charge on any atom is -0.354 e. The second kappa shape index (κ2) is 8.90. The molecule has 0 saturated carbocycles. The maximum absolute atomic E-state index is 11.7. The largest absolute Gasteiger partial charge is 0.354 e. The van der Waals surface area contributed by atoms with Crippen molar-refractivity contribution in [1.82, 2.24) is 15.5 Å². The topological polar surface area (TPSA) is 68.2 Å². The molecule has 1 atom stereocenters. The van der Waals surface area contributed by atoms with Gasteiger partial charge >= 0.3 is 0 Å². The van der Waals surface area contributed by atoms with Crippen LogP contribution in [0.4, 0.5) is 0 Å². The predicted molar refractivity (Wildman–Crippen MR) is 70.9 cm³/mol. The molecule has 0 radical (unpaired) electrons. The van der Waals surface area contributed by atoms with Gasteiger partial charge in [0.05, 0.1) is 19.0 Å². The molecule has 1 rings (SSSR count). The quantitative estimate of drug-likeness (QED) is 0.641. The third kappa shape index (κ3) is 5.99. The molecule has 0 aliphatic carbocycles. The van der Waals surface area contributed by atoms with Gasteiger partial charge in [-0.1, -0.05) is 6.92 Å². The van der Waals surface area contributed by atoms with Gasteiger partial charge in [-0.15, -0.1) is 0 Å². The Bertz CT molecular complexity index is 281. The number of likely N-dealkylation sites (N-methyl/N-ethyl adjacent to an activating group) is 1.